The minimum Gasteiger partial charge on any atom is -0.508 e. The van der Waals surface area contributed by atoms with Crippen molar-refractivity contribution in [1.82, 2.24) is 4.90 Å². The van der Waals surface area contributed by atoms with E-state index in [4.69, 9.17) is 0 Å². The van der Waals surface area contributed by atoms with Crippen molar-refractivity contribution in [2.75, 3.05) is 0 Å². The maximum Gasteiger partial charge on any atom is 0.254 e. The van der Waals surface area contributed by atoms with E-state index in [0.717, 1.165) is 30.4 Å². The average molecular weight is 353 g/mol. The first-order valence-electron chi connectivity index (χ1n) is 9.22. The number of rotatable bonds is 7. The van der Waals surface area contributed by atoms with Gasteiger partial charge in [-0.3, -0.25) is 4.79 Å². The van der Waals surface area contributed by atoms with Crippen LogP contribution in [0.4, 0.5) is 0 Å². The normalized spacial score (nSPS) is 14.3. The lowest BCUT2D eigenvalue weighted by atomic mass is 9.97. The lowest BCUT2D eigenvalue weighted by Gasteiger charge is -2.23. The molecule has 4 nitrogen and oxygen atoms in total. The number of carbonyl (C=O) groups excluding carboxylic acids is 1. The van der Waals surface area contributed by atoms with E-state index in [2.05, 4.69) is 0 Å². The molecule has 2 N–H and O–H groups in total. The van der Waals surface area contributed by atoms with Gasteiger partial charge >= 0.3 is 0 Å². The number of aliphatic hydroxyl groups is 1. The predicted molar refractivity (Wildman–Crippen MR) is 102 cm³/mol. The molecule has 26 heavy (non-hydrogen) atoms. The van der Waals surface area contributed by atoms with E-state index in [-0.39, 0.29) is 11.7 Å². The van der Waals surface area contributed by atoms with Crippen molar-refractivity contribution >= 4 is 5.91 Å². The number of phenolic OH excluding ortho intramolecular Hbond substituents is 1. The van der Waals surface area contributed by atoms with Gasteiger partial charge in [0.05, 0.1) is 5.60 Å². The molecule has 0 saturated heterocycles. The lowest BCUT2D eigenvalue weighted by molar-refractivity contribution is 0.0714. The number of carbonyl (C=O) groups is 1. The van der Waals surface area contributed by atoms with Gasteiger partial charge in [0, 0.05) is 18.2 Å². The van der Waals surface area contributed by atoms with E-state index in [9.17, 15) is 15.0 Å². The quantitative estimate of drug-likeness (QED) is 0.794. The molecule has 0 heterocycles. The molecule has 138 valence electrons. The summed E-state index contributed by atoms with van der Waals surface area (Å²) in [5.74, 6) is 0.281. The van der Waals surface area contributed by atoms with Crippen molar-refractivity contribution < 1.29 is 15.0 Å². The average Bonchev–Trinajstić information content (AvgIpc) is 3.43. The van der Waals surface area contributed by atoms with Gasteiger partial charge in [-0.15, -0.1) is 0 Å². The Morgan fingerprint density at radius 3 is 2.42 bits per heavy atom. The third kappa shape index (κ3) is 5.09. The van der Waals surface area contributed by atoms with Gasteiger partial charge in [-0.2, -0.15) is 0 Å². The molecule has 0 bridgehead atoms. The monoisotopic (exact) mass is 353 g/mol. The largest absolute Gasteiger partial charge is 0.508 e. The van der Waals surface area contributed by atoms with Crippen molar-refractivity contribution in [3.05, 3.63) is 65.2 Å². The number of nitrogens with zero attached hydrogens (tertiary/aromatic N) is 1. The zero-order valence-electron chi connectivity index (χ0n) is 15.5. The van der Waals surface area contributed by atoms with Crippen molar-refractivity contribution in [3.63, 3.8) is 0 Å². The highest BCUT2D eigenvalue weighted by Crippen LogP contribution is 2.30. The Labute approximate surface area is 155 Å². The second-order valence-electron chi connectivity index (χ2n) is 7.84. The van der Waals surface area contributed by atoms with Crippen molar-refractivity contribution in [1.29, 1.82) is 0 Å². The second kappa shape index (κ2) is 7.50. The van der Waals surface area contributed by atoms with Crippen LogP contribution in [0.15, 0.2) is 48.5 Å². The summed E-state index contributed by atoms with van der Waals surface area (Å²) >= 11 is 0. The summed E-state index contributed by atoms with van der Waals surface area (Å²) < 4.78 is 0. The lowest BCUT2D eigenvalue weighted by Crippen LogP contribution is -2.32. The maximum absolute atomic E-state index is 13.1. The molecule has 0 aliphatic heterocycles. The van der Waals surface area contributed by atoms with E-state index in [1.807, 2.05) is 41.3 Å². The molecular formula is C22H27NO3. The van der Waals surface area contributed by atoms with Crippen molar-refractivity contribution in [2.45, 2.75) is 57.7 Å². The number of benzene rings is 2. The summed E-state index contributed by atoms with van der Waals surface area (Å²) in [6, 6.07) is 15.1. The van der Waals surface area contributed by atoms with Crippen LogP contribution in [0.25, 0.3) is 0 Å². The molecule has 1 fully saturated rings. The zero-order valence-corrected chi connectivity index (χ0v) is 15.5. The van der Waals surface area contributed by atoms with Crippen LogP contribution in [0.5, 0.6) is 5.75 Å². The fraction of sp³-hybridized carbons (Fsp3) is 0.409. The maximum atomic E-state index is 13.1. The Balaban J connectivity index is 1.74. The second-order valence-corrected chi connectivity index (χ2v) is 7.84. The zero-order chi connectivity index (χ0) is 18.7. The van der Waals surface area contributed by atoms with Crippen LogP contribution >= 0.6 is 0 Å². The molecule has 1 aliphatic carbocycles. The minimum atomic E-state index is -0.709. The Hall–Kier alpha value is -2.33. The minimum absolute atomic E-state index is 0.0469. The van der Waals surface area contributed by atoms with Gasteiger partial charge in [0.2, 0.25) is 0 Å². The van der Waals surface area contributed by atoms with E-state index in [0.29, 0.717) is 24.6 Å². The molecule has 0 spiro atoms. The highest BCUT2D eigenvalue weighted by molar-refractivity contribution is 5.94. The topological polar surface area (TPSA) is 60.8 Å². The molecular weight excluding hydrogens is 326 g/mol. The Morgan fingerprint density at radius 1 is 1.12 bits per heavy atom. The van der Waals surface area contributed by atoms with E-state index < -0.39 is 5.60 Å². The van der Waals surface area contributed by atoms with Crippen LogP contribution in [0, 0.1) is 0 Å². The van der Waals surface area contributed by atoms with Gasteiger partial charge in [-0.1, -0.05) is 24.3 Å². The number of hydrogen-bond donors (Lipinski definition) is 2. The van der Waals surface area contributed by atoms with Crippen LogP contribution in [0.2, 0.25) is 0 Å². The first-order valence-corrected chi connectivity index (χ1v) is 9.22. The van der Waals surface area contributed by atoms with Gasteiger partial charge in [-0.25, -0.2) is 0 Å². The molecule has 4 heteroatoms. The van der Waals surface area contributed by atoms with Gasteiger partial charge < -0.3 is 15.1 Å². The van der Waals surface area contributed by atoms with Crippen LogP contribution in [0.1, 0.15) is 54.6 Å². The van der Waals surface area contributed by atoms with E-state index in [1.54, 1.807) is 26.0 Å². The fourth-order valence-electron chi connectivity index (χ4n) is 3.03. The standard InChI is InChI=1S/C22H27NO3/c1-22(2,26)13-12-16-4-3-5-18(14-16)21(25)23(19-8-9-19)15-17-6-10-20(24)11-7-17/h3-7,10-11,14,19,24,26H,8-9,12-13,15H2,1-2H3. The molecule has 0 radical (unpaired) electrons. The number of aromatic hydroxyl groups is 1. The predicted octanol–water partition coefficient (Wildman–Crippen LogP) is 3.90. The molecule has 1 amide bonds. The van der Waals surface area contributed by atoms with Crippen LogP contribution < -0.4 is 0 Å². The molecule has 2 aromatic rings. The van der Waals surface area contributed by atoms with Gasteiger partial charge in [-0.05, 0) is 74.9 Å². The molecule has 0 unspecified atom stereocenters. The number of hydrogen-bond acceptors (Lipinski definition) is 3. The Morgan fingerprint density at radius 2 is 1.81 bits per heavy atom. The number of aryl methyl sites for hydroxylation is 1. The van der Waals surface area contributed by atoms with Crippen LogP contribution in [-0.4, -0.2) is 32.7 Å². The van der Waals surface area contributed by atoms with Crippen LogP contribution in [-0.2, 0) is 13.0 Å². The van der Waals surface area contributed by atoms with Crippen molar-refractivity contribution in [3.8, 4) is 5.75 Å². The molecule has 1 saturated carbocycles. The first kappa shape index (κ1) is 18.5. The molecule has 0 atom stereocenters. The van der Waals surface area contributed by atoms with E-state index in [1.165, 1.54) is 0 Å². The third-order valence-electron chi connectivity index (χ3n) is 4.74. The number of amides is 1. The molecule has 0 aromatic heterocycles. The summed E-state index contributed by atoms with van der Waals surface area (Å²) in [6.45, 7) is 4.15. The van der Waals surface area contributed by atoms with Gasteiger partial charge in [0.25, 0.3) is 5.91 Å². The van der Waals surface area contributed by atoms with Crippen molar-refractivity contribution in [2.24, 2.45) is 0 Å². The summed E-state index contributed by atoms with van der Waals surface area (Å²) in [6.07, 6.45) is 3.49. The Kier molecular flexibility index (Phi) is 5.33. The smallest absolute Gasteiger partial charge is 0.254 e. The summed E-state index contributed by atoms with van der Waals surface area (Å²) in [4.78, 5) is 15.0. The first-order chi connectivity index (χ1) is 12.3. The van der Waals surface area contributed by atoms with Gasteiger partial charge in [0.15, 0.2) is 0 Å². The summed E-state index contributed by atoms with van der Waals surface area (Å²) in [5, 5.41) is 19.4. The Bertz CT molecular complexity index is 758. The third-order valence-corrected chi connectivity index (χ3v) is 4.74. The molecule has 2 aromatic carbocycles. The fourth-order valence-corrected chi connectivity index (χ4v) is 3.03. The van der Waals surface area contributed by atoms with Crippen LogP contribution in [0.3, 0.4) is 0 Å². The number of phenols is 1. The SMILES string of the molecule is CC(C)(O)CCc1cccc(C(=O)N(Cc2ccc(O)cc2)C2CC2)c1. The molecule has 3 rings (SSSR count). The highest BCUT2D eigenvalue weighted by Gasteiger charge is 2.33. The van der Waals surface area contributed by atoms with E-state index >= 15 is 0 Å². The van der Waals surface area contributed by atoms with Gasteiger partial charge in [0.1, 0.15) is 5.75 Å². The molecule has 1 aliphatic rings. The summed E-state index contributed by atoms with van der Waals surface area (Å²) in [5.41, 5.74) is 2.07. The summed E-state index contributed by atoms with van der Waals surface area (Å²) in [7, 11) is 0. The highest BCUT2D eigenvalue weighted by atomic mass is 16.3.